The Morgan fingerprint density at radius 2 is 2.20 bits per heavy atom. The molecule has 3 N–H and O–H groups in total. The Kier molecular flexibility index (Phi) is 3.40. The molecule has 0 spiro atoms. The molecule has 0 atom stereocenters. The largest absolute Gasteiger partial charge is 0.472 e. The van der Waals surface area contributed by atoms with Crippen molar-refractivity contribution < 1.29 is 4.42 Å². The van der Waals surface area contributed by atoms with Crippen molar-refractivity contribution in [3.05, 3.63) is 24.2 Å². The van der Waals surface area contributed by atoms with Crippen LogP contribution in [-0.4, -0.2) is 11.9 Å². The number of nitrogens with zero attached hydrogens (tertiary/aromatic N) is 1. The lowest BCUT2D eigenvalue weighted by atomic mass is 9.96. The predicted octanol–water partition coefficient (Wildman–Crippen LogP) is 1.82. The van der Waals surface area contributed by atoms with Crippen molar-refractivity contribution in [3.63, 3.8) is 0 Å². The lowest BCUT2D eigenvalue weighted by molar-refractivity contribution is 0.442. The van der Waals surface area contributed by atoms with Crippen molar-refractivity contribution in [1.29, 1.82) is 0 Å². The summed E-state index contributed by atoms with van der Waals surface area (Å²) in [5.41, 5.74) is 3.56. The Hall–Kier alpha value is -1.29. The van der Waals surface area contributed by atoms with E-state index in [1.807, 2.05) is 6.07 Å². The number of nitrogens with one attached hydrogen (secondary N) is 1. The lowest BCUT2D eigenvalue weighted by Gasteiger charge is -2.18. The van der Waals surface area contributed by atoms with Crippen molar-refractivity contribution in [2.75, 3.05) is 0 Å². The summed E-state index contributed by atoms with van der Waals surface area (Å²) in [4.78, 5) is 4.62. The van der Waals surface area contributed by atoms with Crippen LogP contribution in [0.2, 0.25) is 0 Å². The van der Waals surface area contributed by atoms with Crippen LogP contribution < -0.4 is 11.3 Å². The Bertz CT molecular complexity index is 313. The van der Waals surface area contributed by atoms with Crippen LogP contribution in [0.3, 0.4) is 0 Å². The second kappa shape index (κ2) is 4.98. The summed E-state index contributed by atoms with van der Waals surface area (Å²) >= 11 is 0. The van der Waals surface area contributed by atoms with Crippen LogP contribution in [0.15, 0.2) is 28.0 Å². The molecular weight excluding hydrogens is 190 g/mol. The zero-order valence-electron chi connectivity index (χ0n) is 8.78. The molecule has 0 amide bonds. The molecule has 1 heterocycles. The molecule has 2 rings (SSSR count). The Balaban J connectivity index is 2.08. The standard InChI is InChI=1S/C11H17N3O/c12-14-11(9-6-7-15-8-9)13-10-4-2-1-3-5-10/h6-8,10H,1-5,12H2,(H,13,14). The SMILES string of the molecule is NNC(=NC1CCCCC1)c1ccoc1. The van der Waals surface area contributed by atoms with Crippen LogP contribution in [0, 0.1) is 0 Å². The van der Waals surface area contributed by atoms with Crippen molar-refractivity contribution in [1.82, 2.24) is 5.43 Å². The maximum absolute atomic E-state index is 5.46. The van der Waals surface area contributed by atoms with Gasteiger partial charge in [-0.3, -0.25) is 4.99 Å². The molecule has 15 heavy (non-hydrogen) atoms. The zero-order valence-corrected chi connectivity index (χ0v) is 8.78. The van der Waals surface area contributed by atoms with Crippen LogP contribution in [-0.2, 0) is 0 Å². The average molecular weight is 207 g/mol. The number of amidine groups is 1. The summed E-state index contributed by atoms with van der Waals surface area (Å²) in [6.45, 7) is 0. The summed E-state index contributed by atoms with van der Waals surface area (Å²) in [5, 5.41) is 0. The molecule has 0 radical (unpaired) electrons. The van der Waals surface area contributed by atoms with Gasteiger partial charge in [-0.05, 0) is 18.9 Å². The van der Waals surface area contributed by atoms with E-state index in [4.69, 9.17) is 10.3 Å². The van der Waals surface area contributed by atoms with E-state index < -0.39 is 0 Å². The lowest BCUT2D eigenvalue weighted by Crippen LogP contribution is -2.32. The third-order valence-corrected chi connectivity index (χ3v) is 2.82. The van der Waals surface area contributed by atoms with Crippen LogP contribution >= 0.6 is 0 Å². The Labute approximate surface area is 89.5 Å². The van der Waals surface area contributed by atoms with E-state index in [-0.39, 0.29) is 0 Å². The molecule has 0 unspecified atom stereocenters. The van der Waals surface area contributed by atoms with Crippen molar-refractivity contribution in [2.45, 2.75) is 38.1 Å². The van der Waals surface area contributed by atoms with Gasteiger partial charge in [-0.15, -0.1) is 0 Å². The fourth-order valence-corrected chi connectivity index (χ4v) is 1.99. The van der Waals surface area contributed by atoms with E-state index in [9.17, 15) is 0 Å². The highest BCUT2D eigenvalue weighted by molar-refractivity contribution is 5.98. The number of rotatable bonds is 2. The van der Waals surface area contributed by atoms with E-state index in [2.05, 4.69) is 10.4 Å². The number of hydrogen-bond donors (Lipinski definition) is 2. The van der Waals surface area contributed by atoms with Crippen molar-refractivity contribution in [3.8, 4) is 0 Å². The number of hydrazine groups is 1. The number of furan rings is 1. The van der Waals surface area contributed by atoms with Crippen molar-refractivity contribution >= 4 is 5.84 Å². The van der Waals surface area contributed by atoms with Crippen LogP contribution in [0.1, 0.15) is 37.7 Å². The van der Waals surface area contributed by atoms with E-state index in [1.165, 1.54) is 32.1 Å². The van der Waals surface area contributed by atoms with Crippen LogP contribution in [0.4, 0.5) is 0 Å². The zero-order chi connectivity index (χ0) is 10.5. The molecule has 4 heteroatoms. The first-order valence-corrected chi connectivity index (χ1v) is 5.47. The Morgan fingerprint density at radius 3 is 2.80 bits per heavy atom. The van der Waals surface area contributed by atoms with Gasteiger partial charge in [-0.25, -0.2) is 5.84 Å². The topological polar surface area (TPSA) is 63.5 Å². The predicted molar refractivity (Wildman–Crippen MR) is 59.4 cm³/mol. The molecule has 0 saturated heterocycles. The van der Waals surface area contributed by atoms with Gasteiger partial charge in [0, 0.05) is 0 Å². The first kappa shape index (κ1) is 10.2. The maximum Gasteiger partial charge on any atom is 0.146 e. The van der Waals surface area contributed by atoms with Gasteiger partial charge in [0.25, 0.3) is 0 Å². The summed E-state index contributed by atoms with van der Waals surface area (Å²) < 4.78 is 5.01. The van der Waals surface area contributed by atoms with Gasteiger partial charge in [0.05, 0.1) is 17.9 Å². The highest BCUT2D eigenvalue weighted by atomic mass is 16.3. The maximum atomic E-state index is 5.46. The molecule has 0 aliphatic heterocycles. The minimum atomic E-state index is 0.416. The minimum absolute atomic E-state index is 0.416. The molecule has 1 aromatic rings. The summed E-state index contributed by atoms with van der Waals surface area (Å²) in [6, 6.07) is 2.28. The highest BCUT2D eigenvalue weighted by Crippen LogP contribution is 2.20. The van der Waals surface area contributed by atoms with E-state index in [0.29, 0.717) is 6.04 Å². The monoisotopic (exact) mass is 207 g/mol. The van der Waals surface area contributed by atoms with Gasteiger partial charge in [-0.1, -0.05) is 19.3 Å². The van der Waals surface area contributed by atoms with Gasteiger partial charge >= 0.3 is 0 Å². The Morgan fingerprint density at radius 1 is 1.40 bits per heavy atom. The number of hydrogen-bond acceptors (Lipinski definition) is 3. The third-order valence-electron chi connectivity index (χ3n) is 2.82. The van der Waals surface area contributed by atoms with Gasteiger partial charge in [0.15, 0.2) is 0 Å². The molecular formula is C11H17N3O. The smallest absolute Gasteiger partial charge is 0.146 e. The fourth-order valence-electron chi connectivity index (χ4n) is 1.99. The second-order valence-corrected chi connectivity index (χ2v) is 3.93. The molecule has 4 nitrogen and oxygen atoms in total. The molecule has 1 saturated carbocycles. The molecule has 1 aromatic heterocycles. The van der Waals surface area contributed by atoms with Crippen LogP contribution in [0.25, 0.3) is 0 Å². The fraction of sp³-hybridized carbons (Fsp3) is 0.545. The number of aliphatic imine (C=N–C) groups is 1. The van der Waals surface area contributed by atoms with Gasteiger partial charge in [0.2, 0.25) is 0 Å². The third kappa shape index (κ3) is 2.59. The van der Waals surface area contributed by atoms with Gasteiger partial charge < -0.3 is 9.84 Å². The quantitative estimate of drug-likeness (QED) is 0.336. The minimum Gasteiger partial charge on any atom is -0.472 e. The van der Waals surface area contributed by atoms with Crippen LogP contribution in [0.5, 0.6) is 0 Å². The normalized spacial score (nSPS) is 19.1. The highest BCUT2D eigenvalue weighted by Gasteiger charge is 2.13. The molecule has 82 valence electrons. The first-order valence-electron chi connectivity index (χ1n) is 5.47. The van der Waals surface area contributed by atoms with E-state index in [1.54, 1.807) is 12.5 Å². The molecule has 0 bridgehead atoms. The summed E-state index contributed by atoms with van der Waals surface area (Å²) in [5.74, 6) is 6.19. The van der Waals surface area contributed by atoms with E-state index in [0.717, 1.165) is 11.4 Å². The summed E-state index contributed by atoms with van der Waals surface area (Å²) in [6.07, 6.45) is 9.51. The van der Waals surface area contributed by atoms with Gasteiger partial charge in [-0.2, -0.15) is 0 Å². The molecule has 0 aromatic carbocycles. The molecule has 1 aliphatic carbocycles. The average Bonchev–Trinajstić information content (AvgIpc) is 2.81. The number of nitrogens with two attached hydrogens (primary N) is 1. The molecule has 1 fully saturated rings. The second-order valence-electron chi connectivity index (χ2n) is 3.93. The van der Waals surface area contributed by atoms with Gasteiger partial charge in [0.1, 0.15) is 12.1 Å². The van der Waals surface area contributed by atoms with E-state index >= 15 is 0 Å². The summed E-state index contributed by atoms with van der Waals surface area (Å²) in [7, 11) is 0. The first-order chi connectivity index (χ1) is 7.40. The molecule has 1 aliphatic rings. The van der Waals surface area contributed by atoms with Crippen molar-refractivity contribution in [2.24, 2.45) is 10.8 Å².